The molecule has 0 radical (unpaired) electrons. The molecule has 1 saturated carbocycles. The van der Waals surface area contributed by atoms with Gasteiger partial charge in [-0.2, -0.15) is 0 Å². The van der Waals surface area contributed by atoms with Crippen LogP contribution >= 0.6 is 0 Å². The van der Waals surface area contributed by atoms with E-state index >= 15 is 0 Å². The topological polar surface area (TPSA) is 52.6 Å². The summed E-state index contributed by atoms with van der Waals surface area (Å²) >= 11 is 0. The van der Waals surface area contributed by atoms with Gasteiger partial charge in [0.1, 0.15) is 5.76 Å². The number of hydrogen-bond donors (Lipinski definition) is 0. The number of carbonyl (C=O) groups is 2. The van der Waals surface area contributed by atoms with Gasteiger partial charge in [-0.1, -0.05) is 56.2 Å². The Kier molecular flexibility index (Phi) is 6.57. The molecule has 1 spiro atoms. The summed E-state index contributed by atoms with van der Waals surface area (Å²) in [7, 11) is 1.48. The number of methoxy groups -OCH3 is 1. The van der Waals surface area contributed by atoms with Crippen LogP contribution in [0.5, 0.6) is 0 Å². The Bertz CT molecular complexity index is 1070. The molecule has 6 atom stereocenters. The summed E-state index contributed by atoms with van der Waals surface area (Å²) in [5, 5.41) is 0. The van der Waals surface area contributed by atoms with Crippen LogP contribution in [0, 0.1) is 34.0 Å². The van der Waals surface area contributed by atoms with Crippen molar-refractivity contribution in [3.05, 3.63) is 58.9 Å². The summed E-state index contributed by atoms with van der Waals surface area (Å²) in [5.41, 5.74) is 4.85. The fourth-order valence-corrected chi connectivity index (χ4v) is 8.08. The zero-order chi connectivity index (χ0) is 25.8. The standard InChI is InChI=1S/C31H42O4/c1-19(2)24-9-10-26-25(29(24,6)14-13-27(32)34-8)12-16-31(26)21(4)11-15-30(31,7)22(5)18-23-17-20(3)28(33)35-23/h10-11,17-18,22,24-25H,1,9,12-16H2,2-8H3/b23-18-/t22-,24+,25-,29-,30-,31-/m0/s1. The third-order valence-electron chi connectivity index (χ3n) is 10.3. The number of esters is 2. The van der Waals surface area contributed by atoms with E-state index in [4.69, 9.17) is 9.47 Å². The number of carbonyl (C=O) groups excluding carboxylic acids is 2. The maximum Gasteiger partial charge on any atom is 0.339 e. The lowest BCUT2D eigenvalue weighted by atomic mass is 9.51. The quantitative estimate of drug-likeness (QED) is 0.298. The van der Waals surface area contributed by atoms with Gasteiger partial charge < -0.3 is 9.47 Å². The molecule has 4 nitrogen and oxygen atoms in total. The fourth-order valence-electron chi connectivity index (χ4n) is 8.08. The number of fused-ring (bicyclic) bond motifs is 2. The molecule has 4 heteroatoms. The Balaban J connectivity index is 1.74. The first-order valence-electron chi connectivity index (χ1n) is 13.1. The van der Waals surface area contributed by atoms with Gasteiger partial charge in [-0.25, -0.2) is 4.79 Å². The van der Waals surface area contributed by atoms with Crippen molar-refractivity contribution in [1.82, 2.24) is 0 Å². The van der Waals surface area contributed by atoms with Crippen molar-refractivity contribution in [2.45, 2.75) is 80.1 Å². The molecular formula is C31H42O4. The highest BCUT2D eigenvalue weighted by Crippen LogP contribution is 2.72. The number of ether oxygens (including phenoxy) is 2. The molecular weight excluding hydrogens is 436 g/mol. The SMILES string of the molecule is C=C(C)[C@H]1CC=C2[C@H](CC[C@]23C(C)=CC[C@@]3(C)[C@@H](C)/C=C2/C=C(C)C(=O)O2)[C@@]1(C)CCC(=O)OC. The van der Waals surface area contributed by atoms with Gasteiger partial charge in [0.15, 0.2) is 0 Å². The molecule has 0 amide bonds. The molecule has 0 bridgehead atoms. The third kappa shape index (κ3) is 3.79. The molecule has 1 fully saturated rings. The predicted octanol–water partition coefficient (Wildman–Crippen LogP) is 7.24. The Morgan fingerprint density at radius 2 is 2.03 bits per heavy atom. The van der Waals surface area contributed by atoms with Crippen LogP contribution < -0.4 is 0 Å². The summed E-state index contributed by atoms with van der Waals surface area (Å²) in [6.45, 7) is 17.7. The van der Waals surface area contributed by atoms with Gasteiger partial charge in [0, 0.05) is 17.4 Å². The normalized spacial score (nSPS) is 38.1. The van der Waals surface area contributed by atoms with E-state index in [0.29, 0.717) is 29.6 Å². The second kappa shape index (κ2) is 8.94. The third-order valence-corrected chi connectivity index (χ3v) is 10.3. The van der Waals surface area contributed by atoms with E-state index in [1.165, 1.54) is 18.3 Å². The predicted molar refractivity (Wildman–Crippen MR) is 139 cm³/mol. The minimum Gasteiger partial charge on any atom is -0.469 e. The minimum atomic E-state index is -0.243. The fraction of sp³-hybridized carbons (Fsp3) is 0.613. The Labute approximate surface area is 211 Å². The van der Waals surface area contributed by atoms with E-state index in [0.717, 1.165) is 32.1 Å². The van der Waals surface area contributed by atoms with E-state index in [2.05, 4.69) is 59.4 Å². The highest BCUT2D eigenvalue weighted by atomic mass is 16.5. The van der Waals surface area contributed by atoms with Gasteiger partial charge in [-0.3, -0.25) is 4.79 Å². The molecule has 0 aromatic carbocycles. The van der Waals surface area contributed by atoms with Crippen molar-refractivity contribution in [2.75, 3.05) is 7.11 Å². The summed E-state index contributed by atoms with van der Waals surface area (Å²) in [6.07, 6.45) is 14.5. The van der Waals surface area contributed by atoms with Crippen molar-refractivity contribution in [2.24, 2.45) is 34.0 Å². The van der Waals surface area contributed by atoms with Crippen LogP contribution in [-0.2, 0) is 19.1 Å². The summed E-state index contributed by atoms with van der Waals surface area (Å²) < 4.78 is 10.5. The van der Waals surface area contributed by atoms with E-state index in [1.807, 2.05) is 6.08 Å². The van der Waals surface area contributed by atoms with Gasteiger partial charge in [-0.15, -0.1) is 0 Å². The van der Waals surface area contributed by atoms with E-state index in [9.17, 15) is 9.59 Å². The molecule has 0 saturated heterocycles. The van der Waals surface area contributed by atoms with Crippen molar-refractivity contribution in [3.63, 3.8) is 0 Å². The van der Waals surface area contributed by atoms with Crippen LogP contribution in [0.15, 0.2) is 58.9 Å². The smallest absolute Gasteiger partial charge is 0.339 e. The van der Waals surface area contributed by atoms with Gasteiger partial charge in [0.05, 0.1) is 7.11 Å². The molecule has 0 N–H and O–H groups in total. The van der Waals surface area contributed by atoms with E-state index in [1.54, 1.807) is 12.5 Å². The zero-order valence-corrected chi connectivity index (χ0v) is 22.6. The number of allylic oxidation sites excluding steroid dienone is 7. The van der Waals surface area contributed by atoms with Crippen molar-refractivity contribution in [3.8, 4) is 0 Å². The van der Waals surface area contributed by atoms with Crippen LogP contribution in [0.2, 0.25) is 0 Å². The minimum absolute atomic E-state index is 0.0118. The van der Waals surface area contributed by atoms with E-state index in [-0.39, 0.29) is 34.1 Å². The van der Waals surface area contributed by atoms with E-state index < -0.39 is 0 Å². The molecule has 0 unspecified atom stereocenters. The molecule has 0 aromatic rings. The van der Waals surface area contributed by atoms with Gasteiger partial charge in [0.25, 0.3) is 0 Å². The lowest BCUT2D eigenvalue weighted by molar-refractivity contribution is -0.141. The molecule has 1 aliphatic heterocycles. The summed E-state index contributed by atoms with van der Waals surface area (Å²) in [5.74, 6) is 1.30. The lowest BCUT2D eigenvalue weighted by Crippen LogP contribution is -2.45. The largest absolute Gasteiger partial charge is 0.469 e. The summed E-state index contributed by atoms with van der Waals surface area (Å²) in [6, 6.07) is 0. The molecule has 1 heterocycles. The average Bonchev–Trinajstić information content (AvgIpc) is 3.44. The van der Waals surface area contributed by atoms with Crippen LogP contribution in [0.1, 0.15) is 80.1 Å². The van der Waals surface area contributed by atoms with Gasteiger partial charge in [0.2, 0.25) is 0 Å². The molecule has 4 rings (SSSR count). The molecule has 35 heavy (non-hydrogen) atoms. The zero-order valence-electron chi connectivity index (χ0n) is 22.6. The number of rotatable bonds is 6. The van der Waals surface area contributed by atoms with Crippen LogP contribution in [-0.4, -0.2) is 19.0 Å². The first-order valence-corrected chi connectivity index (χ1v) is 13.1. The molecule has 190 valence electrons. The van der Waals surface area contributed by atoms with Crippen molar-refractivity contribution >= 4 is 11.9 Å². The maximum atomic E-state index is 12.2. The lowest BCUT2D eigenvalue weighted by Gasteiger charge is -2.53. The molecule has 3 aliphatic carbocycles. The monoisotopic (exact) mass is 478 g/mol. The first-order chi connectivity index (χ1) is 16.4. The van der Waals surface area contributed by atoms with Gasteiger partial charge >= 0.3 is 11.9 Å². The van der Waals surface area contributed by atoms with Crippen LogP contribution in [0.25, 0.3) is 0 Å². The second-order valence-corrected chi connectivity index (χ2v) is 12.0. The molecule has 4 aliphatic rings. The van der Waals surface area contributed by atoms with Crippen LogP contribution in [0.3, 0.4) is 0 Å². The number of cyclic esters (lactones) is 1. The van der Waals surface area contributed by atoms with Crippen molar-refractivity contribution < 1.29 is 19.1 Å². The summed E-state index contributed by atoms with van der Waals surface area (Å²) in [4.78, 5) is 24.1. The first kappa shape index (κ1) is 25.7. The Morgan fingerprint density at radius 3 is 2.63 bits per heavy atom. The maximum absolute atomic E-state index is 12.2. The average molecular weight is 479 g/mol. The Morgan fingerprint density at radius 1 is 1.31 bits per heavy atom. The number of hydrogen-bond acceptors (Lipinski definition) is 4. The molecule has 0 aromatic heterocycles. The van der Waals surface area contributed by atoms with Crippen molar-refractivity contribution in [1.29, 1.82) is 0 Å². The van der Waals surface area contributed by atoms with Crippen LogP contribution in [0.4, 0.5) is 0 Å². The second-order valence-electron chi connectivity index (χ2n) is 12.0. The highest BCUT2D eigenvalue weighted by Gasteiger charge is 2.63. The highest BCUT2D eigenvalue weighted by molar-refractivity contribution is 5.92. The van der Waals surface area contributed by atoms with Gasteiger partial charge in [-0.05, 0) is 93.6 Å². The Hall–Kier alpha value is -2.36.